The molecule has 1 saturated heterocycles. The largest absolute Gasteiger partial charge is 0.449 e. The topological polar surface area (TPSA) is 75.7 Å². The molecule has 1 aromatic carbocycles. The minimum absolute atomic E-state index is 0.159. The Labute approximate surface area is 142 Å². The second-order valence-electron chi connectivity index (χ2n) is 6.32. The van der Waals surface area contributed by atoms with Gasteiger partial charge in [-0.15, -0.1) is 0 Å². The van der Waals surface area contributed by atoms with Gasteiger partial charge in [0.15, 0.2) is 6.10 Å². The number of anilines is 1. The molecule has 1 fully saturated rings. The SMILES string of the molecule is CC(=O)Nc1cccc(C(=O)O[C@@H](C)C(=O)N2CCC(C)CC2)c1. The highest BCUT2D eigenvalue weighted by molar-refractivity contribution is 5.95. The molecule has 0 bridgehead atoms. The summed E-state index contributed by atoms with van der Waals surface area (Å²) >= 11 is 0. The number of amides is 2. The summed E-state index contributed by atoms with van der Waals surface area (Å²) in [5.74, 6) is -0.325. The van der Waals surface area contributed by atoms with Crippen molar-refractivity contribution in [2.75, 3.05) is 18.4 Å². The first-order chi connectivity index (χ1) is 11.4. The van der Waals surface area contributed by atoms with Crippen molar-refractivity contribution in [1.82, 2.24) is 4.90 Å². The molecule has 0 unspecified atom stereocenters. The van der Waals surface area contributed by atoms with Crippen molar-refractivity contribution in [1.29, 1.82) is 0 Å². The summed E-state index contributed by atoms with van der Waals surface area (Å²) in [5.41, 5.74) is 0.814. The van der Waals surface area contributed by atoms with Crippen molar-refractivity contribution >= 4 is 23.5 Å². The average Bonchev–Trinajstić information content (AvgIpc) is 2.54. The Morgan fingerprint density at radius 3 is 2.54 bits per heavy atom. The van der Waals surface area contributed by atoms with Crippen molar-refractivity contribution in [3.8, 4) is 0 Å². The van der Waals surface area contributed by atoms with Gasteiger partial charge >= 0.3 is 5.97 Å². The molecule has 1 aliphatic rings. The lowest BCUT2D eigenvalue weighted by Crippen LogP contribution is -2.44. The van der Waals surface area contributed by atoms with E-state index in [2.05, 4.69) is 12.2 Å². The van der Waals surface area contributed by atoms with E-state index in [1.807, 2.05) is 0 Å². The molecule has 1 aliphatic heterocycles. The van der Waals surface area contributed by atoms with Crippen molar-refractivity contribution in [3.63, 3.8) is 0 Å². The summed E-state index contributed by atoms with van der Waals surface area (Å²) in [6, 6.07) is 6.46. The Balaban J connectivity index is 1.95. The van der Waals surface area contributed by atoms with Gasteiger partial charge in [-0.3, -0.25) is 9.59 Å². The van der Waals surface area contributed by atoms with E-state index in [4.69, 9.17) is 4.74 Å². The summed E-state index contributed by atoms with van der Waals surface area (Å²) in [5, 5.41) is 2.61. The van der Waals surface area contributed by atoms with E-state index in [0.29, 0.717) is 30.3 Å². The lowest BCUT2D eigenvalue weighted by Gasteiger charge is -2.31. The molecule has 6 nitrogen and oxygen atoms in total. The van der Waals surface area contributed by atoms with Crippen molar-refractivity contribution < 1.29 is 19.1 Å². The summed E-state index contributed by atoms with van der Waals surface area (Å²) in [6.07, 6.45) is 1.13. The van der Waals surface area contributed by atoms with Gasteiger partial charge in [0.25, 0.3) is 5.91 Å². The number of hydrogen-bond donors (Lipinski definition) is 1. The Morgan fingerprint density at radius 1 is 1.25 bits per heavy atom. The standard InChI is InChI=1S/C18H24N2O4/c1-12-7-9-20(10-8-12)17(22)13(2)24-18(23)15-5-4-6-16(11-15)19-14(3)21/h4-6,11-13H,7-10H2,1-3H3,(H,19,21)/t13-/m0/s1. The second-order valence-corrected chi connectivity index (χ2v) is 6.32. The number of nitrogens with zero attached hydrogens (tertiary/aromatic N) is 1. The van der Waals surface area contributed by atoms with Gasteiger partial charge in [-0.25, -0.2) is 4.79 Å². The molecule has 6 heteroatoms. The van der Waals surface area contributed by atoms with Crippen molar-refractivity contribution in [2.45, 2.75) is 39.7 Å². The maximum atomic E-state index is 12.4. The molecule has 0 aromatic heterocycles. The Hall–Kier alpha value is -2.37. The van der Waals surface area contributed by atoms with Gasteiger partial charge < -0.3 is 15.0 Å². The summed E-state index contributed by atoms with van der Waals surface area (Å²) in [4.78, 5) is 37.4. The van der Waals surface area contributed by atoms with E-state index in [1.54, 1.807) is 30.0 Å². The number of ether oxygens (including phenoxy) is 1. The maximum absolute atomic E-state index is 12.4. The van der Waals surface area contributed by atoms with E-state index in [9.17, 15) is 14.4 Å². The number of hydrogen-bond acceptors (Lipinski definition) is 4. The van der Waals surface area contributed by atoms with E-state index in [1.165, 1.54) is 13.0 Å². The molecular formula is C18H24N2O4. The van der Waals surface area contributed by atoms with Crippen LogP contribution in [0, 0.1) is 5.92 Å². The van der Waals surface area contributed by atoms with Gasteiger partial charge in [-0.1, -0.05) is 13.0 Å². The highest BCUT2D eigenvalue weighted by Gasteiger charge is 2.27. The number of carbonyl (C=O) groups excluding carboxylic acids is 3. The molecule has 1 atom stereocenters. The third-order valence-electron chi connectivity index (χ3n) is 4.15. The Bertz CT molecular complexity index is 621. The number of likely N-dealkylation sites (tertiary alicyclic amines) is 1. The number of esters is 1. The van der Waals surface area contributed by atoms with Crippen molar-refractivity contribution in [3.05, 3.63) is 29.8 Å². The summed E-state index contributed by atoms with van der Waals surface area (Å²) < 4.78 is 5.30. The van der Waals surface area contributed by atoms with Gasteiger partial charge in [0.2, 0.25) is 5.91 Å². The normalized spacial score (nSPS) is 16.4. The fourth-order valence-corrected chi connectivity index (χ4v) is 2.69. The monoisotopic (exact) mass is 332 g/mol. The number of benzene rings is 1. The number of nitrogens with one attached hydrogen (secondary N) is 1. The lowest BCUT2D eigenvalue weighted by molar-refractivity contribution is -0.141. The lowest BCUT2D eigenvalue weighted by atomic mass is 9.99. The van der Waals surface area contributed by atoms with Crippen LogP contribution in [0.2, 0.25) is 0 Å². The molecule has 1 heterocycles. The first-order valence-corrected chi connectivity index (χ1v) is 8.24. The molecule has 24 heavy (non-hydrogen) atoms. The van der Waals surface area contributed by atoms with Crippen LogP contribution in [0.3, 0.4) is 0 Å². The highest BCUT2D eigenvalue weighted by Crippen LogP contribution is 2.18. The third kappa shape index (κ3) is 4.81. The minimum Gasteiger partial charge on any atom is -0.449 e. The highest BCUT2D eigenvalue weighted by atomic mass is 16.5. The van der Waals surface area contributed by atoms with Gasteiger partial charge in [-0.2, -0.15) is 0 Å². The maximum Gasteiger partial charge on any atom is 0.338 e. The van der Waals surface area contributed by atoms with Crippen LogP contribution < -0.4 is 5.32 Å². The first kappa shape index (κ1) is 18.0. The predicted octanol–water partition coefficient (Wildman–Crippen LogP) is 2.45. The Morgan fingerprint density at radius 2 is 1.92 bits per heavy atom. The third-order valence-corrected chi connectivity index (χ3v) is 4.15. The van der Waals surface area contributed by atoms with Crippen LogP contribution in [0.25, 0.3) is 0 Å². The van der Waals surface area contributed by atoms with E-state index < -0.39 is 12.1 Å². The average molecular weight is 332 g/mol. The predicted molar refractivity (Wildman–Crippen MR) is 90.6 cm³/mol. The fraction of sp³-hybridized carbons (Fsp3) is 0.500. The molecule has 2 amide bonds. The number of carbonyl (C=O) groups is 3. The van der Waals surface area contributed by atoms with Gasteiger partial charge in [-0.05, 0) is 43.9 Å². The smallest absolute Gasteiger partial charge is 0.338 e. The van der Waals surface area contributed by atoms with Crippen LogP contribution >= 0.6 is 0 Å². The summed E-state index contributed by atoms with van der Waals surface area (Å²) in [7, 11) is 0. The zero-order valence-electron chi connectivity index (χ0n) is 14.4. The Kier molecular flexibility index (Phi) is 5.95. The molecule has 1 aromatic rings. The second kappa shape index (κ2) is 7.95. The van der Waals surface area contributed by atoms with Crippen LogP contribution in [-0.4, -0.2) is 41.9 Å². The molecule has 130 valence electrons. The van der Waals surface area contributed by atoms with Crippen LogP contribution in [0.1, 0.15) is 44.0 Å². The van der Waals surface area contributed by atoms with Gasteiger partial charge in [0.05, 0.1) is 5.56 Å². The van der Waals surface area contributed by atoms with E-state index >= 15 is 0 Å². The molecule has 0 saturated carbocycles. The molecular weight excluding hydrogens is 308 g/mol. The summed E-state index contributed by atoms with van der Waals surface area (Å²) in [6.45, 7) is 6.58. The van der Waals surface area contributed by atoms with Crippen LogP contribution in [0.5, 0.6) is 0 Å². The number of piperidine rings is 1. The molecule has 0 spiro atoms. The molecule has 1 N–H and O–H groups in total. The minimum atomic E-state index is -0.824. The van der Waals surface area contributed by atoms with Crippen LogP contribution in [-0.2, 0) is 14.3 Å². The number of rotatable bonds is 4. The zero-order chi connectivity index (χ0) is 17.7. The molecule has 0 radical (unpaired) electrons. The quantitative estimate of drug-likeness (QED) is 0.859. The first-order valence-electron chi connectivity index (χ1n) is 8.24. The van der Waals surface area contributed by atoms with Crippen molar-refractivity contribution in [2.24, 2.45) is 5.92 Å². The van der Waals surface area contributed by atoms with E-state index in [0.717, 1.165) is 12.8 Å². The van der Waals surface area contributed by atoms with Crippen LogP contribution in [0.4, 0.5) is 5.69 Å². The fourth-order valence-electron chi connectivity index (χ4n) is 2.69. The van der Waals surface area contributed by atoms with Gasteiger partial charge in [0, 0.05) is 25.7 Å². The molecule has 2 rings (SSSR count). The molecule has 0 aliphatic carbocycles. The van der Waals surface area contributed by atoms with Gasteiger partial charge in [0.1, 0.15) is 0 Å². The van der Waals surface area contributed by atoms with E-state index in [-0.39, 0.29) is 11.8 Å². The van der Waals surface area contributed by atoms with Crippen LogP contribution in [0.15, 0.2) is 24.3 Å². The zero-order valence-corrected chi connectivity index (χ0v) is 14.4.